The van der Waals surface area contributed by atoms with Crippen molar-refractivity contribution >= 4 is 5.69 Å². The van der Waals surface area contributed by atoms with Gasteiger partial charge < -0.3 is 15.2 Å². The Bertz CT molecular complexity index is 436. The van der Waals surface area contributed by atoms with E-state index in [0.29, 0.717) is 6.04 Å². The average Bonchev–Trinajstić information content (AvgIpc) is 2.42. The number of rotatable bonds is 4. The molecule has 1 saturated carbocycles. The van der Waals surface area contributed by atoms with Gasteiger partial charge in [-0.25, -0.2) is 0 Å². The standard InChI is InChI=1S/C18H29NO2/c1-13(18(2,3)4)19-14-9-11-15(12-10-14)21-17-8-6-5-7-16(17)20/h9-13,16-17,19-20H,5-8H2,1-4H3/t13-,16+,17+/m0/s1. The molecule has 0 amide bonds. The van der Waals surface area contributed by atoms with Gasteiger partial charge in [-0.15, -0.1) is 0 Å². The number of anilines is 1. The first-order valence-electron chi connectivity index (χ1n) is 8.07. The lowest BCUT2D eigenvalue weighted by Gasteiger charge is -2.29. The van der Waals surface area contributed by atoms with E-state index in [9.17, 15) is 5.11 Å². The topological polar surface area (TPSA) is 41.5 Å². The molecule has 0 aromatic heterocycles. The number of aliphatic hydroxyl groups is 1. The summed E-state index contributed by atoms with van der Waals surface area (Å²) in [7, 11) is 0. The van der Waals surface area contributed by atoms with E-state index >= 15 is 0 Å². The monoisotopic (exact) mass is 291 g/mol. The van der Waals surface area contributed by atoms with E-state index in [-0.39, 0.29) is 17.6 Å². The van der Waals surface area contributed by atoms with Crippen molar-refractivity contribution in [3.63, 3.8) is 0 Å². The van der Waals surface area contributed by atoms with Crippen LogP contribution in [-0.2, 0) is 0 Å². The molecule has 1 aliphatic rings. The van der Waals surface area contributed by atoms with Crippen molar-refractivity contribution in [3.05, 3.63) is 24.3 Å². The third kappa shape index (κ3) is 4.63. The molecular weight excluding hydrogens is 262 g/mol. The molecule has 3 nitrogen and oxygen atoms in total. The second-order valence-corrected chi connectivity index (χ2v) is 7.26. The summed E-state index contributed by atoms with van der Waals surface area (Å²) in [4.78, 5) is 0. The molecule has 0 spiro atoms. The smallest absolute Gasteiger partial charge is 0.124 e. The summed E-state index contributed by atoms with van der Waals surface area (Å²) in [5.74, 6) is 0.843. The molecule has 1 fully saturated rings. The molecule has 1 aromatic rings. The van der Waals surface area contributed by atoms with Gasteiger partial charge in [0.2, 0.25) is 0 Å². The Kier molecular flexibility index (Phi) is 5.15. The molecule has 3 atom stereocenters. The number of hydrogen-bond acceptors (Lipinski definition) is 3. The van der Waals surface area contributed by atoms with Gasteiger partial charge in [0, 0.05) is 11.7 Å². The zero-order chi connectivity index (χ0) is 15.5. The Morgan fingerprint density at radius 1 is 1.14 bits per heavy atom. The molecule has 2 N–H and O–H groups in total. The third-order valence-electron chi connectivity index (χ3n) is 4.49. The quantitative estimate of drug-likeness (QED) is 0.873. The Balaban J connectivity index is 1.92. The van der Waals surface area contributed by atoms with Gasteiger partial charge in [0.25, 0.3) is 0 Å². The first-order chi connectivity index (χ1) is 9.86. The van der Waals surface area contributed by atoms with E-state index in [1.807, 2.05) is 24.3 Å². The molecule has 21 heavy (non-hydrogen) atoms. The Labute approximate surface area is 128 Å². The molecule has 0 heterocycles. The van der Waals surface area contributed by atoms with Crippen LogP contribution in [0.3, 0.4) is 0 Å². The van der Waals surface area contributed by atoms with Gasteiger partial charge in [0.15, 0.2) is 0 Å². The van der Waals surface area contributed by atoms with E-state index in [0.717, 1.165) is 37.1 Å². The van der Waals surface area contributed by atoms with Crippen LogP contribution in [0.1, 0.15) is 53.4 Å². The predicted molar refractivity (Wildman–Crippen MR) is 87.9 cm³/mol. The largest absolute Gasteiger partial charge is 0.488 e. The fourth-order valence-electron chi connectivity index (χ4n) is 2.49. The van der Waals surface area contributed by atoms with Crippen LogP contribution in [0.25, 0.3) is 0 Å². The minimum atomic E-state index is -0.322. The van der Waals surface area contributed by atoms with E-state index in [1.54, 1.807) is 0 Å². The Morgan fingerprint density at radius 2 is 1.76 bits per heavy atom. The molecule has 0 radical (unpaired) electrons. The Hall–Kier alpha value is -1.22. The second-order valence-electron chi connectivity index (χ2n) is 7.26. The molecule has 0 bridgehead atoms. The number of nitrogens with one attached hydrogen (secondary N) is 1. The minimum absolute atomic E-state index is 0.0499. The zero-order valence-corrected chi connectivity index (χ0v) is 13.7. The summed E-state index contributed by atoms with van der Waals surface area (Å²) in [5, 5.41) is 13.5. The molecule has 0 aliphatic heterocycles. The van der Waals surface area contributed by atoms with Crippen molar-refractivity contribution < 1.29 is 9.84 Å². The maximum Gasteiger partial charge on any atom is 0.124 e. The summed E-state index contributed by atoms with van der Waals surface area (Å²) in [5.41, 5.74) is 1.33. The fraction of sp³-hybridized carbons (Fsp3) is 0.667. The predicted octanol–water partition coefficient (Wildman–Crippen LogP) is 4.22. The second kappa shape index (κ2) is 6.69. The van der Waals surface area contributed by atoms with E-state index < -0.39 is 0 Å². The lowest BCUT2D eigenvalue weighted by atomic mass is 9.88. The third-order valence-corrected chi connectivity index (χ3v) is 4.49. The van der Waals surface area contributed by atoms with Crippen LogP contribution >= 0.6 is 0 Å². The molecular formula is C18H29NO2. The van der Waals surface area contributed by atoms with Gasteiger partial charge in [-0.3, -0.25) is 0 Å². The first kappa shape index (κ1) is 16.2. The van der Waals surface area contributed by atoms with Crippen LogP contribution in [0.5, 0.6) is 5.75 Å². The molecule has 2 rings (SSSR count). The summed E-state index contributed by atoms with van der Waals surface area (Å²) < 4.78 is 5.92. The van der Waals surface area contributed by atoms with Gasteiger partial charge in [-0.05, 0) is 55.9 Å². The van der Waals surface area contributed by atoms with Gasteiger partial charge in [-0.1, -0.05) is 27.2 Å². The van der Waals surface area contributed by atoms with Crippen molar-refractivity contribution in [1.82, 2.24) is 0 Å². The van der Waals surface area contributed by atoms with Crippen molar-refractivity contribution in [1.29, 1.82) is 0 Å². The van der Waals surface area contributed by atoms with Crippen LogP contribution in [0.15, 0.2) is 24.3 Å². The fourth-order valence-corrected chi connectivity index (χ4v) is 2.49. The normalized spacial score (nSPS) is 24.4. The van der Waals surface area contributed by atoms with Gasteiger partial charge in [-0.2, -0.15) is 0 Å². The van der Waals surface area contributed by atoms with Crippen LogP contribution in [0.2, 0.25) is 0 Å². The van der Waals surface area contributed by atoms with Gasteiger partial charge >= 0.3 is 0 Å². The van der Waals surface area contributed by atoms with Gasteiger partial charge in [0.05, 0.1) is 6.10 Å². The SMILES string of the molecule is C[C@H](Nc1ccc(O[C@@H]2CCCC[C@H]2O)cc1)C(C)(C)C. The van der Waals surface area contributed by atoms with Crippen molar-refractivity contribution in [3.8, 4) is 5.75 Å². The van der Waals surface area contributed by atoms with Crippen LogP contribution < -0.4 is 10.1 Å². The highest BCUT2D eigenvalue weighted by molar-refractivity contribution is 5.47. The molecule has 1 aromatic carbocycles. The molecule has 3 heteroatoms. The lowest BCUT2D eigenvalue weighted by molar-refractivity contribution is 0.00688. The number of aliphatic hydroxyl groups excluding tert-OH is 1. The summed E-state index contributed by atoms with van der Waals surface area (Å²) in [6.45, 7) is 8.88. The van der Waals surface area contributed by atoms with Crippen LogP contribution in [-0.4, -0.2) is 23.4 Å². The highest BCUT2D eigenvalue weighted by atomic mass is 16.5. The van der Waals surface area contributed by atoms with E-state index in [4.69, 9.17) is 4.74 Å². The van der Waals surface area contributed by atoms with Crippen molar-refractivity contribution in [2.45, 2.75) is 71.6 Å². The maximum absolute atomic E-state index is 9.96. The first-order valence-corrected chi connectivity index (χ1v) is 8.07. The lowest BCUT2D eigenvalue weighted by Crippen LogP contribution is -2.34. The molecule has 0 unspecified atom stereocenters. The zero-order valence-electron chi connectivity index (χ0n) is 13.7. The highest BCUT2D eigenvalue weighted by Gasteiger charge is 2.24. The van der Waals surface area contributed by atoms with Crippen molar-refractivity contribution in [2.75, 3.05) is 5.32 Å². The summed E-state index contributed by atoms with van der Waals surface area (Å²) in [6.07, 6.45) is 3.68. The number of benzene rings is 1. The van der Waals surface area contributed by atoms with E-state index in [1.165, 1.54) is 0 Å². The van der Waals surface area contributed by atoms with Crippen molar-refractivity contribution in [2.24, 2.45) is 5.41 Å². The average molecular weight is 291 g/mol. The van der Waals surface area contributed by atoms with E-state index in [2.05, 4.69) is 33.0 Å². The minimum Gasteiger partial charge on any atom is -0.488 e. The summed E-state index contributed by atoms with van der Waals surface area (Å²) >= 11 is 0. The number of hydrogen-bond donors (Lipinski definition) is 2. The molecule has 1 aliphatic carbocycles. The number of ether oxygens (including phenoxy) is 1. The van der Waals surface area contributed by atoms with Crippen LogP contribution in [0, 0.1) is 5.41 Å². The summed E-state index contributed by atoms with van der Waals surface area (Å²) in [6, 6.07) is 8.46. The Morgan fingerprint density at radius 3 is 2.33 bits per heavy atom. The maximum atomic E-state index is 9.96. The van der Waals surface area contributed by atoms with Gasteiger partial charge in [0.1, 0.15) is 11.9 Å². The molecule has 118 valence electrons. The van der Waals surface area contributed by atoms with Crippen LogP contribution in [0.4, 0.5) is 5.69 Å². The highest BCUT2D eigenvalue weighted by Crippen LogP contribution is 2.26. The molecule has 0 saturated heterocycles.